The lowest BCUT2D eigenvalue weighted by Gasteiger charge is -2.40. The van der Waals surface area contributed by atoms with Crippen LogP contribution in [0, 0.1) is 0 Å². The number of carboxylic acid groups (broad SMARTS) is 1. The van der Waals surface area contributed by atoms with Gasteiger partial charge in [-0.2, -0.15) is 0 Å². The molecule has 23 heteroatoms. The second kappa shape index (κ2) is 24.6. The molecule has 19 nitrogen and oxygen atoms in total. The summed E-state index contributed by atoms with van der Waals surface area (Å²) in [5.74, 6) is -8.88. The highest BCUT2D eigenvalue weighted by Crippen LogP contribution is 2.43. The lowest BCUT2D eigenvalue weighted by Crippen LogP contribution is -2.66. The highest BCUT2D eigenvalue weighted by molar-refractivity contribution is 14.1. The van der Waals surface area contributed by atoms with Gasteiger partial charge in [-0.25, -0.2) is 9.59 Å². The van der Waals surface area contributed by atoms with Crippen LogP contribution < -0.4 is 10.6 Å². The number of carbonyl (C=O) groups excluding carboxylic acids is 8. The summed E-state index contributed by atoms with van der Waals surface area (Å²) < 4.78 is 35.5. The molecule has 2 amide bonds. The third kappa shape index (κ3) is 16.1. The van der Waals surface area contributed by atoms with Gasteiger partial charge in [0.2, 0.25) is 5.91 Å². The van der Waals surface area contributed by atoms with E-state index in [0.717, 1.165) is 34.6 Å². The number of ether oxygens (including phenoxy) is 7. The fourth-order valence-electron chi connectivity index (χ4n) is 4.57. The Balaban J connectivity index is 0.0000281. The first-order valence-electron chi connectivity index (χ1n) is 15.5. The van der Waals surface area contributed by atoms with Crippen molar-refractivity contribution in [2.24, 2.45) is 0 Å². The highest BCUT2D eigenvalue weighted by atomic mass is 127. The van der Waals surface area contributed by atoms with Gasteiger partial charge in [0.25, 0.3) is 5.91 Å². The summed E-state index contributed by atoms with van der Waals surface area (Å²) in [4.78, 5) is 112. The van der Waals surface area contributed by atoms with E-state index >= 15 is 0 Å². The predicted molar refractivity (Wildman–Crippen MR) is 211 cm³/mol. The maximum absolute atomic E-state index is 14.3. The Morgan fingerprint density at radius 2 is 1.31 bits per heavy atom. The van der Waals surface area contributed by atoms with E-state index in [1.807, 2.05) is 0 Å². The summed E-state index contributed by atoms with van der Waals surface area (Å²) in [6.07, 6.45) is -5.03. The van der Waals surface area contributed by atoms with Crippen molar-refractivity contribution >= 4 is 134 Å². The summed E-state index contributed by atoms with van der Waals surface area (Å²) in [7, 11) is 0. The quantitative estimate of drug-likeness (QED) is 0.0676. The number of hydrogen-bond acceptors (Lipinski definition) is 16. The van der Waals surface area contributed by atoms with Gasteiger partial charge in [-0.3, -0.25) is 33.6 Å². The van der Waals surface area contributed by atoms with Crippen molar-refractivity contribution in [3.05, 3.63) is 18.8 Å². The van der Waals surface area contributed by atoms with Crippen molar-refractivity contribution in [2.45, 2.75) is 81.8 Å². The van der Waals surface area contributed by atoms with E-state index in [0.29, 0.717) is 6.42 Å². The lowest BCUT2D eigenvalue weighted by atomic mass is 9.86. The molecule has 0 saturated heterocycles. The van der Waals surface area contributed by atoms with Crippen LogP contribution in [0.4, 0.5) is 0 Å². The Hall–Kier alpha value is -2.85. The molecular weight excluding hydrogens is 1090 g/mol. The van der Waals surface area contributed by atoms with Crippen LogP contribution in [0.3, 0.4) is 0 Å². The van der Waals surface area contributed by atoms with Crippen molar-refractivity contribution in [3.63, 3.8) is 0 Å². The number of halogens is 4. The van der Waals surface area contributed by atoms with Crippen LogP contribution in [0.2, 0.25) is 0 Å². The number of rotatable bonds is 20. The third-order valence-electron chi connectivity index (χ3n) is 6.55. The van der Waals surface area contributed by atoms with Crippen LogP contribution in [-0.2, 0) is 76.3 Å². The van der Waals surface area contributed by atoms with Gasteiger partial charge in [0, 0.05) is 41.8 Å². The summed E-state index contributed by atoms with van der Waals surface area (Å²) in [6.45, 7) is 4.05. The predicted octanol–water partition coefficient (Wildman–Crippen LogP) is 1.55. The number of alkyl halides is 1. The van der Waals surface area contributed by atoms with E-state index in [2.05, 4.69) is 10.6 Å². The van der Waals surface area contributed by atoms with Crippen LogP contribution in [-0.4, -0.2) is 126 Å². The Bertz CT molecular complexity index is 1510. The first kappa shape index (κ1) is 51.1. The molecule has 0 heterocycles. The first-order valence-corrected chi connectivity index (χ1v) is 18.9. The summed E-state index contributed by atoms with van der Waals surface area (Å²) >= 11 is 5.18. The van der Waals surface area contributed by atoms with Crippen LogP contribution in [0.1, 0.15) is 48.0 Å². The second-order valence-corrected chi connectivity index (χ2v) is 14.5. The zero-order valence-corrected chi connectivity index (χ0v) is 37.0. The molecule has 3 N–H and O–H groups in total. The van der Waals surface area contributed by atoms with E-state index in [9.17, 15) is 48.3 Å². The molecule has 6 unspecified atom stereocenters. The van der Waals surface area contributed by atoms with Gasteiger partial charge < -0.3 is 48.9 Å². The Labute approximate surface area is 356 Å². The zero-order chi connectivity index (χ0) is 40.6. The smallest absolute Gasteiger partial charge is 0.337 e. The number of aliphatic carboxylic acids is 1. The minimum atomic E-state index is -2.16. The van der Waals surface area contributed by atoms with Crippen molar-refractivity contribution in [3.8, 4) is 0 Å². The number of carboxylic acids is 1. The van der Waals surface area contributed by atoms with Crippen LogP contribution >= 0.6 is 80.2 Å². The fourth-order valence-corrected chi connectivity index (χ4v) is 9.58. The molecule has 0 aromatic heterocycles. The summed E-state index contributed by atoms with van der Waals surface area (Å²) in [6, 6.07) is 0. The third-order valence-corrected chi connectivity index (χ3v) is 10.1. The second-order valence-electron chi connectivity index (χ2n) is 10.9. The Kier molecular flexibility index (Phi) is 23.3. The summed E-state index contributed by atoms with van der Waals surface area (Å²) in [5.41, 5.74) is -2.48. The molecule has 0 spiro atoms. The fraction of sp³-hybridized carbons (Fsp3) is 0.581. The zero-order valence-electron chi connectivity index (χ0n) is 29.7. The van der Waals surface area contributed by atoms with Gasteiger partial charge in [0.15, 0.2) is 30.0 Å². The molecule has 1 aliphatic carbocycles. The average Bonchev–Trinajstić information content (AvgIpc) is 3.02. The monoisotopic (exact) mass is 1130 g/mol. The van der Waals surface area contributed by atoms with E-state index in [-0.39, 0.29) is 31.7 Å². The minimum Gasteiger partial charge on any atom is -0.478 e. The normalized spacial score (nSPS) is 18.5. The molecule has 6 atom stereocenters. The van der Waals surface area contributed by atoms with Crippen molar-refractivity contribution in [1.82, 2.24) is 10.6 Å². The van der Waals surface area contributed by atoms with E-state index in [1.54, 1.807) is 74.7 Å². The maximum Gasteiger partial charge on any atom is 0.337 e. The Morgan fingerprint density at radius 3 is 1.80 bits per heavy atom. The molecule has 54 heavy (non-hydrogen) atoms. The van der Waals surface area contributed by atoms with Crippen molar-refractivity contribution < 1.29 is 81.4 Å². The topological polar surface area (TPSA) is 263 Å². The van der Waals surface area contributed by atoms with Crippen molar-refractivity contribution in [2.75, 3.05) is 33.0 Å². The Morgan fingerprint density at radius 1 is 0.796 bits per heavy atom. The number of carbonyl (C=O) groups is 9. The molecule has 0 saturated carbocycles. The molecule has 0 radical (unpaired) electrons. The highest BCUT2D eigenvalue weighted by Gasteiger charge is 2.53. The standard InChI is InChI=1S/C31H39I3N2O17.ClH/c1-7-8-48-24(43)13-47-12-23(42)36-31(22(33)9-19(32)25(28(31)34)29(44)45)30(46)35-10-20(50-15(3)38)26(52-17(5)40)27(53-18(6)41)21(51-16(4)39)11-49-14(2)37;/h9,20-22,26-27H,7-8,10-13H2,1-6H3,(H,35,46)(H,36,42)(H,44,45);1H. The van der Waals surface area contributed by atoms with Gasteiger partial charge in [-0.15, -0.1) is 12.4 Å². The minimum absolute atomic E-state index is 0. The molecule has 0 aliphatic heterocycles. The van der Waals surface area contributed by atoms with Gasteiger partial charge in [-0.1, -0.05) is 35.6 Å². The molecular formula is C31H40ClI3N2O17. The molecule has 0 aromatic carbocycles. The van der Waals surface area contributed by atoms with Gasteiger partial charge in [0.05, 0.1) is 22.6 Å². The largest absolute Gasteiger partial charge is 0.478 e. The van der Waals surface area contributed by atoms with Gasteiger partial charge >= 0.3 is 41.8 Å². The van der Waals surface area contributed by atoms with Crippen LogP contribution in [0.15, 0.2) is 18.8 Å². The van der Waals surface area contributed by atoms with E-state index in [4.69, 9.17) is 33.2 Å². The number of amides is 2. The summed E-state index contributed by atoms with van der Waals surface area (Å²) in [5, 5.41) is 15.0. The number of nitrogens with one attached hydrogen (secondary N) is 2. The molecule has 0 aromatic rings. The average molecular weight is 1130 g/mol. The van der Waals surface area contributed by atoms with Gasteiger partial charge in [0.1, 0.15) is 19.8 Å². The molecule has 0 fully saturated rings. The number of esters is 6. The molecule has 1 rings (SSSR count). The van der Waals surface area contributed by atoms with Gasteiger partial charge in [-0.05, 0) is 51.6 Å². The van der Waals surface area contributed by atoms with Crippen LogP contribution in [0.25, 0.3) is 0 Å². The lowest BCUT2D eigenvalue weighted by molar-refractivity contribution is -0.202. The van der Waals surface area contributed by atoms with E-state index < -0.39 is 114 Å². The SMILES string of the molecule is CCCOC(=O)COCC(=O)NC1(C(=O)NCC(OC(C)=O)C(OC(C)=O)C(OC(C)=O)C(COC(C)=O)OC(C)=O)C(I)=C(C(=O)O)C(I)=CC1I.Cl. The molecule has 304 valence electrons. The molecule has 0 bridgehead atoms. The van der Waals surface area contributed by atoms with Crippen LogP contribution in [0.5, 0.6) is 0 Å². The number of hydrogen-bond donors (Lipinski definition) is 3. The molecule has 1 aliphatic rings. The maximum atomic E-state index is 14.3. The van der Waals surface area contributed by atoms with E-state index in [1.165, 1.54) is 6.08 Å². The first-order chi connectivity index (χ1) is 24.7. The van der Waals surface area contributed by atoms with Crippen molar-refractivity contribution in [1.29, 1.82) is 0 Å².